The highest BCUT2D eigenvalue weighted by Gasteiger charge is 1.86. The molecule has 0 aromatic rings. The Hall–Kier alpha value is 0.394. The third-order valence-corrected chi connectivity index (χ3v) is 4.54. The summed E-state index contributed by atoms with van der Waals surface area (Å²) in [6, 6.07) is 1.57. The fourth-order valence-corrected chi connectivity index (χ4v) is 2.90. The van der Waals surface area contributed by atoms with Gasteiger partial charge >= 0.3 is 0 Å². The molecule has 0 unspecified atom stereocenters. The van der Waals surface area contributed by atoms with Gasteiger partial charge in [-0.15, -0.1) is 0 Å². The van der Waals surface area contributed by atoms with E-state index in [1.807, 2.05) is 0 Å². The van der Waals surface area contributed by atoms with Gasteiger partial charge in [-0.25, -0.2) is 0 Å². The van der Waals surface area contributed by atoms with Crippen molar-refractivity contribution < 1.29 is 0 Å². The van der Waals surface area contributed by atoms with E-state index in [-0.39, 0.29) is 0 Å². The maximum absolute atomic E-state index is 2.27. The molecule has 0 aliphatic carbocycles. The lowest BCUT2D eigenvalue weighted by Crippen LogP contribution is -2.13. The summed E-state index contributed by atoms with van der Waals surface area (Å²) < 4.78 is 0. The van der Waals surface area contributed by atoms with Gasteiger partial charge in [-0.05, 0) is 36.8 Å². The Morgan fingerprint density at radius 2 is 2.12 bits per heavy atom. The van der Waals surface area contributed by atoms with Crippen LogP contribution in [0, 0.1) is 0 Å². The predicted octanol–water partition coefficient (Wildman–Crippen LogP) is -1.19. The molecule has 0 fully saturated rings. The van der Waals surface area contributed by atoms with Gasteiger partial charge in [0.15, 0.2) is 0 Å². The van der Waals surface area contributed by atoms with E-state index in [0.717, 1.165) is 0 Å². The molecule has 3 heteroatoms. The molecular weight excluding hydrogens is 130 g/mol. The molecular formula is C5H17NSi2. The molecule has 1 nitrogen and oxygen atoms in total. The first kappa shape index (κ1) is 8.39. The minimum Gasteiger partial charge on any atom is -0.309 e. The van der Waals surface area contributed by atoms with Crippen LogP contribution >= 0.6 is 0 Å². The molecule has 0 radical (unpaired) electrons. The Balaban J connectivity index is 2.72. The second-order valence-corrected chi connectivity index (χ2v) is 7.22. The van der Waals surface area contributed by atoms with Gasteiger partial charge in [-0.2, -0.15) is 0 Å². The van der Waals surface area contributed by atoms with Crippen molar-refractivity contribution in [3.05, 3.63) is 0 Å². The highest BCUT2D eigenvalue weighted by molar-refractivity contribution is 6.89. The highest BCUT2D eigenvalue weighted by atomic mass is 29.1. The molecule has 0 bridgehead atoms. The van der Waals surface area contributed by atoms with Gasteiger partial charge in [-0.1, -0.05) is 6.04 Å². The third-order valence-electron chi connectivity index (χ3n) is 1.21. The van der Waals surface area contributed by atoms with Crippen molar-refractivity contribution in [1.29, 1.82) is 0 Å². The molecule has 0 saturated carbocycles. The lowest BCUT2D eigenvalue weighted by Gasteiger charge is -2.06. The zero-order chi connectivity index (χ0) is 6.41. The van der Waals surface area contributed by atoms with Crippen molar-refractivity contribution in [3.63, 3.8) is 0 Å². The summed E-state index contributed by atoms with van der Waals surface area (Å²) >= 11 is 0. The average molecular weight is 147 g/mol. The maximum atomic E-state index is 2.27. The SMILES string of the molecule is CN(C)CCC[SiH2][SiH3]. The van der Waals surface area contributed by atoms with Crippen molar-refractivity contribution in [2.24, 2.45) is 0 Å². The molecule has 0 amide bonds. The largest absolute Gasteiger partial charge is 0.309 e. The summed E-state index contributed by atoms with van der Waals surface area (Å²) in [5, 5.41) is 0. The van der Waals surface area contributed by atoms with Gasteiger partial charge in [0.05, 0.1) is 0 Å². The maximum Gasteiger partial charge on any atom is 0.00419 e. The Morgan fingerprint density at radius 3 is 2.50 bits per heavy atom. The fraction of sp³-hybridized carbons (Fsp3) is 1.00. The summed E-state index contributed by atoms with van der Waals surface area (Å²) in [7, 11) is 6.30. The van der Waals surface area contributed by atoms with Gasteiger partial charge in [0.2, 0.25) is 0 Å². The Kier molecular flexibility index (Phi) is 5.80. The van der Waals surface area contributed by atoms with Crippen LogP contribution in [0.2, 0.25) is 6.04 Å². The van der Waals surface area contributed by atoms with E-state index in [2.05, 4.69) is 19.0 Å². The quantitative estimate of drug-likeness (QED) is 0.357. The van der Waals surface area contributed by atoms with Crippen molar-refractivity contribution in [2.75, 3.05) is 20.6 Å². The molecule has 0 spiro atoms. The number of hydrogen-bond acceptors (Lipinski definition) is 1. The number of rotatable bonds is 4. The Bertz CT molecular complexity index is 47.7. The van der Waals surface area contributed by atoms with E-state index >= 15 is 0 Å². The fourth-order valence-electron chi connectivity index (χ4n) is 0.678. The van der Waals surface area contributed by atoms with Crippen LogP contribution in [0.15, 0.2) is 0 Å². The molecule has 0 rings (SSSR count). The summed E-state index contributed by atoms with van der Waals surface area (Å²) in [5.41, 5.74) is 0. The highest BCUT2D eigenvalue weighted by Crippen LogP contribution is 1.87. The zero-order valence-electron chi connectivity index (χ0n) is 6.28. The molecule has 0 heterocycles. The molecule has 0 aliphatic heterocycles. The lowest BCUT2D eigenvalue weighted by molar-refractivity contribution is 0.408. The molecule has 0 atom stereocenters. The van der Waals surface area contributed by atoms with Gasteiger partial charge < -0.3 is 4.90 Å². The average Bonchev–Trinajstić information content (AvgIpc) is 1.66. The summed E-state index contributed by atoms with van der Waals surface area (Å²) in [6.45, 7) is 1.30. The molecule has 0 N–H and O–H groups in total. The third kappa shape index (κ3) is 6.39. The molecule has 0 aliphatic rings. The first-order valence-electron chi connectivity index (χ1n) is 3.42. The predicted molar refractivity (Wildman–Crippen MR) is 46.5 cm³/mol. The molecule has 50 valence electrons. The summed E-state index contributed by atoms with van der Waals surface area (Å²) in [5.74, 6) is 0. The van der Waals surface area contributed by atoms with E-state index in [1.165, 1.54) is 22.7 Å². The molecule has 8 heavy (non-hydrogen) atoms. The number of hydrogen-bond donors (Lipinski definition) is 0. The van der Waals surface area contributed by atoms with Crippen molar-refractivity contribution in [2.45, 2.75) is 12.5 Å². The van der Waals surface area contributed by atoms with E-state index < -0.39 is 0 Å². The van der Waals surface area contributed by atoms with Crippen LogP contribution in [0.5, 0.6) is 0 Å². The second-order valence-electron chi connectivity index (χ2n) is 2.51. The van der Waals surface area contributed by atoms with Gasteiger partial charge in [0.25, 0.3) is 0 Å². The second kappa shape index (κ2) is 5.53. The summed E-state index contributed by atoms with van der Waals surface area (Å²) in [6.07, 6.45) is 1.45. The molecule has 0 aromatic heterocycles. The number of nitrogens with zero attached hydrogens (tertiary/aromatic N) is 1. The van der Waals surface area contributed by atoms with Crippen LogP contribution in [0.3, 0.4) is 0 Å². The lowest BCUT2D eigenvalue weighted by atomic mass is 10.5. The van der Waals surface area contributed by atoms with Crippen LogP contribution in [0.25, 0.3) is 0 Å². The normalized spacial score (nSPS) is 12.4. The molecule has 0 aromatic carbocycles. The monoisotopic (exact) mass is 147 g/mol. The Labute approximate surface area is 57.5 Å². The van der Waals surface area contributed by atoms with E-state index in [4.69, 9.17) is 0 Å². The first-order chi connectivity index (χ1) is 3.77. The van der Waals surface area contributed by atoms with Crippen molar-refractivity contribution in [3.8, 4) is 0 Å². The van der Waals surface area contributed by atoms with Gasteiger partial charge in [-0.3, -0.25) is 0 Å². The van der Waals surface area contributed by atoms with Gasteiger partial charge in [0, 0.05) is 9.04 Å². The van der Waals surface area contributed by atoms with Crippen LogP contribution in [0.1, 0.15) is 6.42 Å². The van der Waals surface area contributed by atoms with Crippen LogP contribution in [-0.2, 0) is 0 Å². The minimum atomic E-state index is 0.483. The minimum absolute atomic E-state index is 0.483. The zero-order valence-corrected chi connectivity index (χ0v) is 9.69. The molecule has 0 saturated heterocycles. The smallest absolute Gasteiger partial charge is 0.00419 e. The van der Waals surface area contributed by atoms with Gasteiger partial charge in [0.1, 0.15) is 0 Å². The first-order valence-corrected chi connectivity index (χ1v) is 10.1. The van der Waals surface area contributed by atoms with Crippen molar-refractivity contribution in [1.82, 2.24) is 4.90 Å². The van der Waals surface area contributed by atoms with Crippen LogP contribution in [0.4, 0.5) is 0 Å². The Morgan fingerprint density at radius 1 is 1.50 bits per heavy atom. The van der Waals surface area contributed by atoms with Crippen LogP contribution in [-0.4, -0.2) is 44.3 Å². The van der Waals surface area contributed by atoms with E-state index in [9.17, 15) is 0 Å². The standard InChI is InChI=1S/C5H17NSi2/c1-6(2)4-3-5-8-7/h3-5,8H2,1-2,7H3. The topological polar surface area (TPSA) is 3.24 Å². The van der Waals surface area contributed by atoms with Crippen LogP contribution < -0.4 is 0 Å². The summed E-state index contributed by atoms with van der Waals surface area (Å²) in [4.78, 5) is 2.27. The van der Waals surface area contributed by atoms with E-state index in [1.54, 1.807) is 6.04 Å². The van der Waals surface area contributed by atoms with E-state index in [0.29, 0.717) is 9.04 Å². The van der Waals surface area contributed by atoms with Crippen molar-refractivity contribution >= 4 is 18.8 Å².